The Hall–Kier alpha value is -4.44. The first kappa shape index (κ1) is 37.4. The van der Waals surface area contributed by atoms with Crippen LogP contribution in [0.2, 0.25) is 0 Å². The minimum absolute atomic E-state index is 0.0903. The fourth-order valence-electron chi connectivity index (χ4n) is 4.97. The number of methoxy groups -OCH3 is 2. The summed E-state index contributed by atoms with van der Waals surface area (Å²) in [6.07, 6.45) is 1.02. The van der Waals surface area contributed by atoms with Crippen LogP contribution < -0.4 is 9.47 Å². The van der Waals surface area contributed by atoms with Crippen LogP contribution in [0.4, 0.5) is 0 Å². The summed E-state index contributed by atoms with van der Waals surface area (Å²) in [7, 11) is -0.531. The third-order valence-corrected chi connectivity index (χ3v) is 10.1. The van der Waals surface area contributed by atoms with Gasteiger partial charge < -0.3 is 23.7 Å². The summed E-state index contributed by atoms with van der Waals surface area (Å²) < 4.78 is 55.0. The summed E-state index contributed by atoms with van der Waals surface area (Å²) >= 11 is 0. The summed E-state index contributed by atoms with van der Waals surface area (Å²) in [5, 5.41) is 0. The molecule has 0 aromatic heterocycles. The molecule has 4 aromatic rings. The monoisotopic (exact) mass is 686 g/mol. The summed E-state index contributed by atoms with van der Waals surface area (Å²) in [5.41, 5.74) is 5.70. The van der Waals surface area contributed by atoms with E-state index in [0.29, 0.717) is 24.5 Å². The first-order chi connectivity index (χ1) is 23.4. The van der Waals surface area contributed by atoms with Crippen molar-refractivity contribution in [2.45, 2.75) is 57.1 Å². The predicted octanol–water partition coefficient (Wildman–Crippen LogP) is 8.46. The zero-order valence-electron chi connectivity index (χ0n) is 29.2. The van der Waals surface area contributed by atoms with Gasteiger partial charge in [-0.05, 0) is 89.5 Å². The highest BCUT2D eigenvalue weighted by Crippen LogP contribution is 2.32. The van der Waals surface area contributed by atoms with E-state index in [4.69, 9.17) is 23.7 Å². The van der Waals surface area contributed by atoms with Crippen LogP contribution in [-0.4, -0.2) is 48.4 Å². The van der Waals surface area contributed by atoms with E-state index in [2.05, 4.69) is 27.4 Å². The van der Waals surface area contributed by atoms with Crippen molar-refractivity contribution in [3.05, 3.63) is 108 Å². The highest BCUT2D eigenvalue weighted by atomic mass is 32.2. The summed E-state index contributed by atoms with van der Waals surface area (Å²) in [4.78, 5) is 12.0. The number of benzene rings is 4. The fraction of sp³-hybridized carbons (Fsp3) is 0.325. The maximum atomic E-state index is 13.6. The van der Waals surface area contributed by atoms with Crippen molar-refractivity contribution in [1.29, 1.82) is 0 Å². The average Bonchev–Trinajstić information content (AvgIpc) is 3.11. The normalized spacial score (nSPS) is 11.6. The van der Waals surface area contributed by atoms with Crippen LogP contribution in [0.3, 0.4) is 0 Å². The molecule has 0 unspecified atom stereocenters. The zero-order chi connectivity index (χ0) is 35.6. The largest absolute Gasteiger partial charge is 0.496 e. The molecule has 0 radical (unpaired) electrons. The molecule has 4 rings (SSSR count). The molecule has 0 saturated heterocycles. The minimum atomic E-state index is -3.75. The number of carbonyl (C=O) groups excluding carboxylic acids is 1. The first-order valence-corrected chi connectivity index (χ1v) is 17.6. The number of ether oxygens (including phenoxy) is 5. The SMILES string of the molecule is C=C(C)C(=O)OCCOCc1cc(-c2ccc(S(=O)(=O)c3ccc(-c4ccc(OC)c(COCC(C)(C)CC)c4)cc3)cc2)ccc1OC. The molecule has 49 heavy (non-hydrogen) atoms. The minimum Gasteiger partial charge on any atom is -0.496 e. The van der Waals surface area contributed by atoms with E-state index in [9.17, 15) is 13.2 Å². The number of carbonyl (C=O) groups is 1. The van der Waals surface area contributed by atoms with E-state index in [1.54, 1.807) is 57.5 Å². The van der Waals surface area contributed by atoms with Crippen LogP contribution in [0, 0.1) is 5.41 Å². The summed E-state index contributed by atoms with van der Waals surface area (Å²) in [5.74, 6) is 0.945. The molecule has 9 heteroatoms. The molecule has 0 aliphatic carbocycles. The Morgan fingerprint density at radius 1 is 0.694 bits per heavy atom. The first-order valence-electron chi connectivity index (χ1n) is 16.2. The standard InChI is InChI=1S/C40H46O8S/c1-8-40(4,5)27-47-26-34-24-32(14-20-38(34)45-7)30-11-17-36(18-12-30)49(42,43)35-15-9-29(10-16-35)31-13-19-37(44-6)33(23-31)25-46-21-22-48-39(41)28(2)3/h9-20,23-24H,2,8,21-22,25-27H2,1,3-7H3. The van der Waals surface area contributed by atoms with E-state index < -0.39 is 15.8 Å². The molecule has 260 valence electrons. The number of sulfone groups is 1. The van der Waals surface area contributed by atoms with Crippen molar-refractivity contribution in [3.8, 4) is 33.8 Å². The van der Waals surface area contributed by atoms with Crippen LogP contribution in [-0.2, 0) is 42.1 Å². The molecule has 0 spiro atoms. The van der Waals surface area contributed by atoms with Gasteiger partial charge in [0.15, 0.2) is 0 Å². The van der Waals surface area contributed by atoms with Crippen molar-refractivity contribution in [2.24, 2.45) is 5.41 Å². The van der Waals surface area contributed by atoms with Crippen molar-refractivity contribution in [2.75, 3.05) is 34.0 Å². The third kappa shape index (κ3) is 9.81. The second-order valence-electron chi connectivity index (χ2n) is 12.6. The van der Waals surface area contributed by atoms with E-state index in [1.165, 1.54) is 0 Å². The molecular formula is C40H46O8S. The Balaban J connectivity index is 1.45. The van der Waals surface area contributed by atoms with Gasteiger partial charge in [0, 0.05) is 16.7 Å². The highest BCUT2D eigenvalue weighted by molar-refractivity contribution is 7.91. The Labute approximate surface area is 290 Å². The van der Waals surface area contributed by atoms with Gasteiger partial charge in [-0.25, -0.2) is 13.2 Å². The van der Waals surface area contributed by atoms with Crippen LogP contribution in [0.1, 0.15) is 45.2 Å². The fourth-order valence-corrected chi connectivity index (χ4v) is 6.23. The van der Waals surface area contributed by atoms with Gasteiger partial charge in [0.25, 0.3) is 0 Å². The average molecular weight is 687 g/mol. The van der Waals surface area contributed by atoms with Gasteiger partial charge in [0.1, 0.15) is 18.1 Å². The van der Waals surface area contributed by atoms with Crippen molar-refractivity contribution < 1.29 is 36.9 Å². The quantitative estimate of drug-likeness (QED) is 0.0620. The number of hydrogen-bond acceptors (Lipinski definition) is 8. The van der Waals surface area contributed by atoms with Crippen molar-refractivity contribution >= 4 is 15.8 Å². The summed E-state index contributed by atoms with van der Waals surface area (Å²) in [6.45, 7) is 13.3. The molecule has 0 N–H and O–H groups in total. The molecule has 8 nitrogen and oxygen atoms in total. The lowest BCUT2D eigenvalue weighted by molar-refractivity contribution is -0.140. The lowest BCUT2D eigenvalue weighted by Gasteiger charge is -2.22. The Bertz CT molecular complexity index is 1840. The predicted molar refractivity (Wildman–Crippen MR) is 191 cm³/mol. The lowest BCUT2D eigenvalue weighted by Crippen LogP contribution is -2.18. The number of esters is 1. The van der Waals surface area contributed by atoms with E-state index in [1.807, 2.05) is 48.5 Å². The Morgan fingerprint density at radius 3 is 1.57 bits per heavy atom. The smallest absolute Gasteiger partial charge is 0.333 e. The van der Waals surface area contributed by atoms with Gasteiger partial charge in [-0.2, -0.15) is 0 Å². The molecule has 0 fully saturated rings. The van der Waals surface area contributed by atoms with Gasteiger partial charge in [-0.1, -0.05) is 63.7 Å². The van der Waals surface area contributed by atoms with E-state index in [0.717, 1.165) is 45.6 Å². The molecule has 0 aliphatic heterocycles. The Morgan fingerprint density at radius 2 is 1.14 bits per heavy atom. The van der Waals surface area contributed by atoms with Crippen LogP contribution in [0.5, 0.6) is 11.5 Å². The van der Waals surface area contributed by atoms with E-state index in [-0.39, 0.29) is 35.0 Å². The molecule has 0 aliphatic rings. The molecule has 0 atom stereocenters. The van der Waals surface area contributed by atoms with Gasteiger partial charge in [0.05, 0.1) is 50.4 Å². The zero-order valence-corrected chi connectivity index (χ0v) is 30.0. The van der Waals surface area contributed by atoms with Gasteiger partial charge in [-0.3, -0.25) is 0 Å². The lowest BCUT2D eigenvalue weighted by atomic mass is 9.92. The number of hydrogen-bond donors (Lipinski definition) is 0. The molecule has 0 bridgehead atoms. The van der Waals surface area contributed by atoms with Crippen molar-refractivity contribution in [1.82, 2.24) is 0 Å². The maximum Gasteiger partial charge on any atom is 0.333 e. The third-order valence-electron chi connectivity index (χ3n) is 8.33. The number of rotatable bonds is 17. The molecule has 4 aromatic carbocycles. The van der Waals surface area contributed by atoms with Crippen LogP contribution in [0.15, 0.2) is 107 Å². The molecule has 0 saturated carbocycles. The molecular weight excluding hydrogens is 640 g/mol. The second-order valence-corrected chi connectivity index (χ2v) is 14.5. The van der Waals surface area contributed by atoms with Gasteiger partial charge in [-0.15, -0.1) is 0 Å². The van der Waals surface area contributed by atoms with E-state index >= 15 is 0 Å². The van der Waals surface area contributed by atoms with Crippen LogP contribution >= 0.6 is 0 Å². The van der Waals surface area contributed by atoms with Crippen LogP contribution in [0.25, 0.3) is 22.3 Å². The van der Waals surface area contributed by atoms with Gasteiger partial charge in [0.2, 0.25) is 9.84 Å². The maximum absolute atomic E-state index is 13.6. The highest BCUT2D eigenvalue weighted by Gasteiger charge is 2.19. The molecule has 0 amide bonds. The summed E-state index contributed by atoms with van der Waals surface area (Å²) in [6, 6.07) is 25.3. The topological polar surface area (TPSA) is 97.4 Å². The Kier molecular flexibility index (Phi) is 12.8. The van der Waals surface area contributed by atoms with Gasteiger partial charge >= 0.3 is 5.97 Å². The second kappa shape index (κ2) is 16.8. The van der Waals surface area contributed by atoms with Crippen molar-refractivity contribution in [3.63, 3.8) is 0 Å². The molecule has 0 heterocycles.